The molecule has 3 rings (SSSR count). The zero-order valence-corrected chi connectivity index (χ0v) is 21.8. The molecule has 12 nitrogen and oxygen atoms in total. The summed E-state index contributed by atoms with van der Waals surface area (Å²) in [5.74, 6) is -2.87. The lowest BCUT2D eigenvalue weighted by molar-refractivity contribution is -0.141. The molecule has 13 heteroatoms. The normalized spacial score (nSPS) is 18.8. The van der Waals surface area contributed by atoms with Gasteiger partial charge in [0.2, 0.25) is 10.0 Å². The fourth-order valence-electron chi connectivity index (χ4n) is 4.03. The van der Waals surface area contributed by atoms with Gasteiger partial charge in [0.15, 0.2) is 5.75 Å². The van der Waals surface area contributed by atoms with Crippen LogP contribution in [-0.2, 0) is 19.6 Å². The number of likely N-dealkylation sites (N-methyl/N-ethyl adjacent to an activating group) is 1. The average Bonchev–Trinajstić information content (AvgIpc) is 3.01. The Morgan fingerprint density at radius 3 is 2.46 bits per heavy atom. The first kappa shape index (κ1) is 27.9. The molecule has 1 aromatic rings. The van der Waals surface area contributed by atoms with E-state index in [0.29, 0.717) is 23.4 Å². The summed E-state index contributed by atoms with van der Waals surface area (Å²) < 4.78 is 27.1. The number of hydrogen-bond acceptors (Lipinski definition) is 8. The largest absolute Gasteiger partial charge is 0.481 e. The van der Waals surface area contributed by atoms with Crippen molar-refractivity contribution in [3.63, 3.8) is 0 Å². The van der Waals surface area contributed by atoms with Crippen LogP contribution in [0, 0.1) is 17.2 Å². The summed E-state index contributed by atoms with van der Waals surface area (Å²) in [7, 11) is -2.34. The van der Waals surface area contributed by atoms with E-state index in [-0.39, 0.29) is 38.4 Å². The van der Waals surface area contributed by atoms with E-state index in [1.807, 2.05) is 6.07 Å². The summed E-state index contributed by atoms with van der Waals surface area (Å²) in [4.78, 5) is 44.5. The van der Waals surface area contributed by atoms with E-state index >= 15 is 0 Å². The van der Waals surface area contributed by atoms with Crippen molar-refractivity contribution >= 4 is 27.9 Å². The van der Waals surface area contributed by atoms with Crippen molar-refractivity contribution in [2.45, 2.75) is 38.6 Å². The van der Waals surface area contributed by atoms with Gasteiger partial charge in [-0.1, -0.05) is 0 Å². The lowest BCUT2D eigenvalue weighted by Gasteiger charge is -2.27. The van der Waals surface area contributed by atoms with E-state index in [1.165, 1.54) is 16.3 Å². The molecule has 200 valence electrons. The zero-order chi connectivity index (χ0) is 27.4. The van der Waals surface area contributed by atoms with Crippen molar-refractivity contribution in [1.29, 1.82) is 5.26 Å². The van der Waals surface area contributed by atoms with Crippen LogP contribution in [0.1, 0.15) is 38.7 Å². The Labute approximate surface area is 216 Å². The highest BCUT2D eigenvalue weighted by molar-refractivity contribution is 7.89. The molecule has 3 amide bonds. The number of rotatable bonds is 11. The molecule has 0 aromatic heterocycles. The van der Waals surface area contributed by atoms with E-state index < -0.39 is 39.2 Å². The van der Waals surface area contributed by atoms with Crippen LogP contribution in [0.4, 0.5) is 4.79 Å². The number of carboxylic acid groups (broad SMARTS) is 1. The quantitative estimate of drug-likeness (QED) is 0.317. The van der Waals surface area contributed by atoms with Gasteiger partial charge in [-0.3, -0.25) is 14.5 Å². The summed E-state index contributed by atoms with van der Waals surface area (Å²) >= 11 is 0. The lowest BCUT2D eigenvalue weighted by Crippen LogP contribution is -2.41. The Balaban J connectivity index is 1.51. The molecular formula is C24H31N5O7S. The summed E-state index contributed by atoms with van der Waals surface area (Å²) in [6.07, 6.45) is 2.18. The Kier molecular flexibility index (Phi) is 8.45. The maximum atomic E-state index is 12.9. The average molecular weight is 534 g/mol. The van der Waals surface area contributed by atoms with Crippen LogP contribution in [-0.4, -0.2) is 83.5 Å². The molecule has 0 bridgehead atoms. The fraction of sp³-hybridized carbons (Fsp3) is 0.500. The first-order valence-electron chi connectivity index (χ1n) is 11.8. The van der Waals surface area contributed by atoms with Gasteiger partial charge >= 0.3 is 12.0 Å². The second kappa shape index (κ2) is 11.2. The number of hydrogen-bond donors (Lipinski definition) is 2. The van der Waals surface area contributed by atoms with Crippen LogP contribution < -0.4 is 10.3 Å². The van der Waals surface area contributed by atoms with Crippen LogP contribution in [0.15, 0.2) is 36.0 Å². The number of imide groups is 1. The van der Waals surface area contributed by atoms with E-state index in [4.69, 9.17) is 10.1 Å². The summed E-state index contributed by atoms with van der Waals surface area (Å²) in [6.45, 7) is 3.50. The predicted molar refractivity (Wildman–Crippen MR) is 132 cm³/mol. The van der Waals surface area contributed by atoms with Gasteiger partial charge < -0.3 is 14.8 Å². The SMILES string of the molecule is CN1C(=O)N(CCCC(CS(=O)(=O)N2CC=C(NOc3ccc(C#N)cc3)CC2)C(=O)O)C(=O)C1(C)C. The van der Waals surface area contributed by atoms with E-state index in [1.54, 1.807) is 44.2 Å². The molecule has 1 aromatic carbocycles. The van der Waals surface area contributed by atoms with Crippen LogP contribution >= 0.6 is 0 Å². The molecule has 2 aliphatic rings. The Morgan fingerprint density at radius 2 is 1.95 bits per heavy atom. The number of urea groups is 1. The highest BCUT2D eigenvalue weighted by atomic mass is 32.2. The Morgan fingerprint density at radius 1 is 1.27 bits per heavy atom. The van der Waals surface area contributed by atoms with Gasteiger partial charge in [-0.25, -0.2) is 18.7 Å². The van der Waals surface area contributed by atoms with Gasteiger partial charge in [0.25, 0.3) is 5.91 Å². The number of sulfonamides is 1. The van der Waals surface area contributed by atoms with Gasteiger partial charge in [0.05, 0.1) is 23.3 Å². The van der Waals surface area contributed by atoms with Crippen molar-refractivity contribution in [1.82, 2.24) is 19.6 Å². The minimum absolute atomic E-state index is 0.00465. The predicted octanol–water partition coefficient (Wildman–Crippen LogP) is 1.51. The third kappa shape index (κ3) is 6.39. The summed E-state index contributed by atoms with van der Waals surface area (Å²) in [5, 5.41) is 18.5. The Hall–Kier alpha value is -3.63. The molecule has 0 radical (unpaired) electrons. The molecule has 2 N–H and O–H groups in total. The van der Waals surface area contributed by atoms with Crippen LogP contribution in [0.5, 0.6) is 5.75 Å². The first-order chi connectivity index (χ1) is 17.4. The van der Waals surface area contributed by atoms with Crippen molar-refractivity contribution in [2.75, 3.05) is 32.4 Å². The van der Waals surface area contributed by atoms with Crippen LogP contribution in [0.3, 0.4) is 0 Å². The molecule has 37 heavy (non-hydrogen) atoms. The smallest absolute Gasteiger partial charge is 0.327 e. The molecule has 0 spiro atoms. The number of aliphatic carboxylic acids is 1. The standard InChI is InChI=1S/C24H31N5O7S/c1-24(2)22(32)29(23(33)27(24)3)12-4-5-18(21(30)31)16-37(34,35)28-13-10-19(11-14-28)26-36-20-8-6-17(15-25)7-9-20/h6-10,18,26H,4-5,11-14,16H2,1-3H3,(H,30,31). The van der Waals surface area contributed by atoms with E-state index in [2.05, 4.69) is 5.48 Å². The van der Waals surface area contributed by atoms with Crippen molar-refractivity contribution < 1.29 is 32.7 Å². The van der Waals surface area contributed by atoms with Gasteiger partial charge in [-0.2, -0.15) is 9.57 Å². The number of carboxylic acids is 1. The molecule has 2 heterocycles. The van der Waals surface area contributed by atoms with E-state index in [0.717, 1.165) is 4.90 Å². The Bertz CT molecular complexity index is 1220. The first-order valence-corrected chi connectivity index (χ1v) is 13.4. The van der Waals surface area contributed by atoms with Gasteiger partial charge in [-0.05, 0) is 57.0 Å². The van der Waals surface area contributed by atoms with Crippen LogP contribution in [0.2, 0.25) is 0 Å². The monoisotopic (exact) mass is 533 g/mol. The fourth-order valence-corrected chi connectivity index (χ4v) is 5.73. The minimum Gasteiger partial charge on any atom is -0.481 e. The molecular weight excluding hydrogens is 502 g/mol. The maximum Gasteiger partial charge on any atom is 0.327 e. The van der Waals surface area contributed by atoms with Crippen molar-refractivity contribution in [2.24, 2.45) is 5.92 Å². The number of benzene rings is 1. The van der Waals surface area contributed by atoms with Gasteiger partial charge in [0, 0.05) is 38.8 Å². The molecule has 2 aliphatic heterocycles. The number of nitrogens with one attached hydrogen (secondary N) is 1. The molecule has 1 fully saturated rings. The number of nitrogens with zero attached hydrogens (tertiary/aromatic N) is 4. The topological polar surface area (TPSA) is 160 Å². The molecule has 1 atom stereocenters. The second-order valence-corrected chi connectivity index (χ2v) is 11.5. The van der Waals surface area contributed by atoms with Crippen molar-refractivity contribution in [3.8, 4) is 11.8 Å². The van der Waals surface area contributed by atoms with Crippen LogP contribution in [0.25, 0.3) is 0 Å². The van der Waals surface area contributed by atoms with Gasteiger partial charge in [0.1, 0.15) is 5.54 Å². The summed E-state index contributed by atoms with van der Waals surface area (Å²) in [5.41, 5.74) is 2.98. The minimum atomic E-state index is -3.87. The molecule has 1 saturated heterocycles. The summed E-state index contributed by atoms with van der Waals surface area (Å²) in [6, 6.07) is 8.04. The van der Waals surface area contributed by atoms with E-state index in [9.17, 15) is 27.9 Å². The highest BCUT2D eigenvalue weighted by Gasteiger charge is 2.48. The highest BCUT2D eigenvalue weighted by Crippen LogP contribution is 2.26. The van der Waals surface area contributed by atoms with Crippen molar-refractivity contribution in [3.05, 3.63) is 41.6 Å². The maximum absolute atomic E-state index is 12.9. The number of carbonyl (C=O) groups is 3. The molecule has 0 saturated carbocycles. The number of nitriles is 1. The lowest BCUT2D eigenvalue weighted by atomic mass is 10.0. The zero-order valence-electron chi connectivity index (χ0n) is 21.0. The number of hydroxylamine groups is 1. The number of amides is 3. The molecule has 1 unspecified atom stereocenters. The third-order valence-corrected chi connectivity index (χ3v) is 8.61. The number of carbonyl (C=O) groups excluding carboxylic acids is 2. The second-order valence-electron chi connectivity index (χ2n) is 9.49. The van der Waals surface area contributed by atoms with Gasteiger partial charge in [-0.15, -0.1) is 0 Å². The molecule has 0 aliphatic carbocycles. The third-order valence-electron chi connectivity index (χ3n) is 6.67.